The van der Waals surface area contributed by atoms with E-state index in [0.717, 1.165) is 0 Å². The van der Waals surface area contributed by atoms with Gasteiger partial charge in [0.25, 0.3) is 5.79 Å². The molecule has 0 aromatic rings. The molecular formula is C6H8O4. The Kier molecular flexibility index (Phi) is 1.74. The Labute approximate surface area is 58.1 Å². The van der Waals surface area contributed by atoms with Crippen molar-refractivity contribution in [2.75, 3.05) is 13.7 Å². The summed E-state index contributed by atoms with van der Waals surface area (Å²) in [6, 6.07) is 0. The molecule has 10 heavy (non-hydrogen) atoms. The van der Waals surface area contributed by atoms with Crippen LogP contribution in [0.3, 0.4) is 0 Å². The second-order valence-electron chi connectivity index (χ2n) is 2.03. The number of rotatable bonds is 2. The van der Waals surface area contributed by atoms with Crippen molar-refractivity contribution in [2.24, 2.45) is 0 Å². The summed E-state index contributed by atoms with van der Waals surface area (Å²) in [7, 11) is 1.41. The summed E-state index contributed by atoms with van der Waals surface area (Å²) in [5.74, 6) is -2.08. The van der Waals surface area contributed by atoms with Gasteiger partial charge in [0, 0.05) is 13.2 Å². The van der Waals surface area contributed by atoms with Crippen LogP contribution < -0.4 is 0 Å². The summed E-state index contributed by atoms with van der Waals surface area (Å²) in [5.41, 5.74) is 0. The third-order valence-electron chi connectivity index (χ3n) is 1.11. The Balaban J connectivity index is 2.56. The first kappa shape index (κ1) is 7.24. The zero-order chi connectivity index (χ0) is 7.61. The van der Waals surface area contributed by atoms with Crippen molar-refractivity contribution >= 4 is 5.97 Å². The van der Waals surface area contributed by atoms with Crippen LogP contribution in [0.5, 0.6) is 0 Å². The highest BCUT2D eigenvalue weighted by atomic mass is 16.7. The third kappa shape index (κ3) is 1.34. The fourth-order valence-corrected chi connectivity index (χ4v) is 0.725. The molecule has 1 heterocycles. The van der Waals surface area contributed by atoms with Crippen molar-refractivity contribution in [1.29, 1.82) is 0 Å². The molecule has 56 valence electrons. The van der Waals surface area contributed by atoms with Crippen molar-refractivity contribution in [2.45, 2.75) is 5.79 Å². The lowest BCUT2D eigenvalue weighted by molar-refractivity contribution is -0.191. The molecule has 0 spiro atoms. The number of ether oxygens (including phenoxy) is 2. The zero-order valence-electron chi connectivity index (χ0n) is 5.53. The van der Waals surface area contributed by atoms with E-state index in [4.69, 9.17) is 0 Å². The SMILES string of the molecule is COC[C@]1(O)C=CC(=O)O1. The van der Waals surface area contributed by atoms with Gasteiger partial charge >= 0.3 is 5.97 Å². The smallest absolute Gasteiger partial charge is 0.333 e. The quantitative estimate of drug-likeness (QED) is 0.527. The monoisotopic (exact) mass is 144 g/mol. The molecule has 0 saturated carbocycles. The van der Waals surface area contributed by atoms with Gasteiger partial charge in [0.05, 0.1) is 0 Å². The van der Waals surface area contributed by atoms with E-state index >= 15 is 0 Å². The molecule has 0 bridgehead atoms. The molecule has 0 aromatic heterocycles. The lowest BCUT2D eigenvalue weighted by Gasteiger charge is -2.17. The maximum absolute atomic E-state index is 10.4. The topological polar surface area (TPSA) is 55.8 Å². The molecule has 0 fully saturated rings. The molecule has 1 aliphatic rings. The maximum atomic E-state index is 10.4. The number of esters is 1. The number of aliphatic hydroxyl groups is 1. The predicted molar refractivity (Wildman–Crippen MR) is 32.1 cm³/mol. The van der Waals surface area contributed by atoms with Crippen molar-refractivity contribution in [3.63, 3.8) is 0 Å². The van der Waals surface area contributed by atoms with E-state index in [1.165, 1.54) is 19.3 Å². The molecule has 0 unspecified atom stereocenters. The molecule has 1 N–H and O–H groups in total. The molecule has 1 aliphatic heterocycles. The highest BCUT2D eigenvalue weighted by Crippen LogP contribution is 2.15. The van der Waals surface area contributed by atoms with Gasteiger partial charge in [-0.15, -0.1) is 0 Å². The lowest BCUT2D eigenvalue weighted by atomic mass is 10.3. The standard InChI is InChI=1S/C6H8O4/c1-9-4-6(8)3-2-5(7)10-6/h2-3,8H,4H2,1H3/t6-/m0/s1. The summed E-state index contributed by atoms with van der Waals surface area (Å²) < 4.78 is 9.07. The second-order valence-corrected chi connectivity index (χ2v) is 2.03. The van der Waals surface area contributed by atoms with Crippen molar-refractivity contribution < 1.29 is 19.4 Å². The number of methoxy groups -OCH3 is 1. The molecule has 1 atom stereocenters. The van der Waals surface area contributed by atoms with Crippen LogP contribution in [0.1, 0.15) is 0 Å². The van der Waals surface area contributed by atoms with Gasteiger partial charge in [0.2, 0.25) is 0 Å². The van der Waals surface area contributed by atoms with Crippen molar-refractivity contribution in [3.8, 4) is 0 Å². The highest BCUT2D eigenvalue weighted by Gasteiger charge is 2.32. The van der Waals surface area contributed by atoms with Crippen LogP contribution in [0.2, 0.25) is 0 Å². The van der Waals surface area contributed by atoms with E-state index in [9.17, 15) is 9.90 Å². The largest absolute Gasteiger partial charge is 0.424 e. The minimum Gasteiger partial charge on any atom is -0.424 e. The zero-order valence-corrected chi connectivity index (χ0v) is 5.53. The second kappa shape index (κ2) is 2.40. The highest BCUT2D eigenvalue weighted by molar-refractivity contribution is 5.84. The van der Waals surface area contributed by atoms with E-state index in [2.05, 4.69) is 9.47 Å². The van der Waals surface area contributed by atoms with Gasteiger partial charge in [-0.2, -0.15) is 0 Å². The van der Waals surface area contributed by atoms with Gasteiger partial charge in [0.1, 0.15) is 6.61 Å². The van der Waals surface area contributed by atoms with Crippen LogP contribution in [-0.2, 0) is 14.3 Å². The van der Waals surface area contributed by atoms with Crippen LogP contribution in [0.15, 0.2) is 12.2 Å². The third-order valence-corrected chi connectivity index (χ3v) is 1.11. The average Bonchev–Trinajstić information content (AvgIpc) is 2.12. The minimum absolute atomic E-state index is 0.0325. The fraction of sp³-hybridized carbons (Fsp3) is 0.500. The molecular weight excluding hydrogens is 136 g/mol. The normalized spacial score (nSPS) is 30.8. The van der Waals surface area contributed by atoms with Gasteiger partial charge in [-0.25, -0.2) is 4.79 Å². The summed E-state index contributed by atoms with van der Waals surface area (Å²) in [6.07, 6.45) is 2.43. The number of carbonyl (C=O) groups excluding carboxylic acids is 1. The molecule has 0 aromatic carbocycles. The van der Waals surface area contributed by atoms with Crippen LogP contribution in [-0.4, -0.2) is 30.6 Å². The molecule has 4 nitrogen and oxygen atoms in total. The van der Waals surface area contributed by atoms with E-state index < -0.39 is 11.8 Å². The van der Waals surface area contributed by atoms with Gasteiger partial charge in [-0.1, -0.05) is 0 Å². The summed E-state index contributed by atoms with van der Waals surface area (Å²) >= 11 is 0. The van der Waals surface area contributed by atoms with Gasteiger partial charge in [-0.05, 0) is 6.08 Å². The van der Waals surface area contributed by atoms with Gasteiger partial charge in [-0.3, -0.25) is 0 Å². The summed E-state index contributed by atoms with van der Waals surface area (Å²) in [4.78, 5) is 10.4. The Bertz CT molecular complexity index is 175. The Hall–Kier alpha value is -0.870. The number of carbonyl (C=O) groups is 1. The van der Waals surface area contributed by atoms with Crippen LogP contribution >= 0.6 is 0 Å². The Morgan fingerprint density at radius 3 is 3.00 bits per heavy atom. The number of hydrogen-bond acceptors (Lipinski definition) is 4. The molecule has 1 rings (SSSR count). The first-order valence-electron chi connectivity index (χ1n) is 2.80. The van der Waals surface area contributed by atoms with Gasteiger partial charge in [0.15, 0.2) is 0 Å². The first-order valence-corrected chi connectivity index (χ1v) is 2.80. The summed E-state index contributed by atoms with van der Waals surface area (Å²) in [6.45, 7) is -0.0325. The Morgan fingerprint density at radius 2 is 2.60 bits per heavy atom. The minimum atomic E-state index is -1.54. The first-order chi connectivity index (χ1) is 4.66. The average molecular weight is 144 g/mol. The molecule has 0 aliphatic carbocycles. The predicted octanol–water partition coefficient (Wildman–Crippen LogP) is -0.566. The van der Waals surface area contributed by atoms with Crippen molar-refractivity contribution in [3.05, 3.63) is 12.2 Å². The van der Waals surface area contributed by atoms with Crippen LogP contribution in [0, 0.1) is 0 Å². The molecule has 0 amide bonds. The van der Waals surface area contributed by atoms with E-state index in [0.29, 0.717) is 0 Å². The van der Waals surface area contributed by atoms with E-state index in [-0.39, 0.29) is 6.61 Å². The van der Waals surface area contributed by atoms with Crippen LogP contribution in [0.4, 0.5) is 0 Å². The van der Waals surface area contributed by atoms with E-state index in [1.54, 1.807) is 0 Å². The number of hydrogen-bond donors (Lipinski definition) is 1. The Morgan fingerprint density at radius 1 is 1.90 bits per heavy atom. The molecule has 4 heteroatoms. The molecule has 0 saturated heterocycles. The number of cyclic esters (lactones) is 1. The summed E-state index contributed by atoms with van der Waals surface area (Å²) in [5, 5.41) is 9.21. The lowest BCUT2D eigenvalue weighted by Crippen LogP contribution is -2.32. The van der Waals surface area contributed by atoms with Crippen LogP contribution in [0.25, 0.3) is 0 Å². The maximum Gasteiger partial charge on any atom is 0.333 e. The fourth-order valence-electron chi connectivity index (χ4n) is 0.725. The van der Waals surface area contributed by atoms with Crippen molar-refractivity contribution in [1.82, 2.24) is 0 Å². The van der Waals surface area contributed by atoms with Gasteiger partial charge < -0.3 is 14.6 Å². The molecule has 0 radical (unpaired) electrons. The van der Waals surface area contributed by atoms with E-state index in [1.807, 2.05) is 0 Å².